The van der Waals surface area contributed by atoms with Crippen LogP contribution < -0.4 is 10.6 Å². The van der Waals surface area contributed by atoms with E-state index < -0.39 is 10.8 Å². The van der Waals surface area contributed by atoms with Gasteiger partial charge in [-0.05, 0) is 55.0 Å². The van der Waals surface area contributed by atoms with E-state index in [9.17, 15) is 14.9 Å². The number of benzene rings is 2. The Morgan fingerprint density at radius 3 is 2.73 bits per heavy atom. The Kier molecular flexibility index (Phi) is 6.61. The smallest absolute Gasteiger partial charge is 0.271 e. The number of nitrogens with zero attached hydrogens (tertiary/aromatic N) is 1. The largest absolute Gasteiger partial charge is 0.457 e. The standard InChI is InChI=1S/C21H16ClN3O4S/c1-13-5-6-14(11-18(13)22)19-9-7-17(29-19)8-10-20(26)24-21(30)23-15-3-2-4-16(12-15)25(27)28/h2-12H,1H3,(H2,23,24,26,30)/b10-8+. The summed E-state index contributed by atoms with van der Waals surface area (Å²) in [6.45, 7) is 1.92. The number of non-ortho nitro benzene ring substituents is 1. The number of furan rings is 1. The van der Waals surface area contributed by atoms with Gasteiger partial charge in [0, 0.05) is 34.5 Å². The van der Waals surface area contributed by atoms with Crippen LogP contribution in [0.25, 0.3) is 17.4 Å². The van der Waals surface area contributed by atoms with Crippen molar-refractivity contribution in [1.82, 2.24) is 5.32 Å². The molecule has 0 unspecified atom stereocenters. The molecule has 0 atom stereocenters. The minimum Gasteiger partial charge on any atom is -0.457 e. The van der Waals surface area contributed by atoms with Gasteiger partial charge in [0.25, 0.3) is 5.69 Å². The lowest BCUT2D eigenvalue weighted by atomic mass is 10.1. The van der Waals surface area contributed by atoms with Crippen molar-refractivity contribution in [3.63, 3.8) is 0 Å². The van der Waals surface area contributed by atoms with Gasteiger partial charge in [-0.1, -0.05) is 29.8 Å². The van der Waals surface area contributed by atoms with E-state index in [0.717, 1.165) is 11.1 Å². The van der Waals surface area contributed by atoms with Crippen LogP contribution in [-0.2, 0) is 4.79 Å². The molecule has 3 aromatic rings. The molecule has 0 saturated heterocycles. The van der Waals surface area contributed by atoms with E-state index in [1.165, 1.54) is 30.4 Å². The summed E-state index contributed by atoms with van der Waals surface area (Å²) >= 11 is 11.2. The lowest BCUT2D eigenvalue weighted by Gasteiger charge is -2.07. The predicted octanol–water partition coefficient (Wildman–Crippen LogP) is 5.34. The number of hydrogen-bond donors (Lipinski definition) is 2. The molecule has 2 N–H and O–H groups in total. The zero-order valence-corrected chi connectivity index (χ0v) is 17.3. The normalized spacial score (nSPS) is 10.7. The lowest BCUT2D eigenvalue weighted by molar-refractivity contribution is -0.384. The molecule has 0 aliphatic rings. The van der Waals surface area contributed by atoms with Gasteiger partial charge in [-0.3, -0.25) is 20.2 Å². The number of thiocarbonyl (C=S) groups is 1. The maximum Gasteiger partial charge on any atom is 0.271 e. The summed E-state index contributed by atoms with van der Waals surface area (Å²) in [5, 5.41) is 16.7. The Hall–Kier alpha value is -3.49. The summed E-state index contributed by atoms with van der Waals surface area (Å²) < 4.78 is 5.71. The van der Waals surface area contributed by atoms with Crippen LogP contribution in [0.1, 0.15) is 11.3 Å². The Balaban J connectivity index is 1.59. The van der Waals surface area contributed by atoms with Gasteiger partial charge in [0.2, 0.25) is 5.91 Å². The van der Waals surface area contributed by atoms with Crippen LogP contribution in [-0.4, -0.2) is 15.9 Å². The second-order valence-corrected chi connectivity index (χ2v) is 7.07. The first-order valence-corrected chi connectivity index (χ1v) is 9.51. The van der Waals surface area contributed by atoms with Gasteiger partial charge < -0.3 is 9.73 Å². The van der Waals surface area contributed by atoms with Crippen molar-refractivity contribution in [2.24, 2.45) is 0 Å². The number of rotatable bonds is 5. The summed E-state index contributed by atoms with van der Waals surface area (Å²) in [4.78, 5) is 22.4. The van der Waals surface area contributed by atoms with E-state index in [-0.39, 0.29) is 10.8 Å². The molecule has 0 saturated carbocycles. The number of carbonyl (C=O) groups excluding carboxylic acids is 1. The number of halogens is 1. The summed E-state index contributed by atoms with van der Waals surface area (Å²) in [7, 11) is 0. The Morgan fingerprint density at radius 2 is 2.00 bits per heavy atom. The average molecular weight is 442 g/mol. The van der Waals surface area contributed by atoms with Gasteiger partial charge in [0.1, 0.15) is 11.5 Å². The topological polar surface area (TPSA) is 97.4 Å². The van der Waals surface area contributed by atoms with Crippen LogP contribution in [0.4, 0.5) is 11.4 Å². The highest BCUT2D eigenvalue weighted by Gasteiger charge is 2.08. The lowest BCUT2D eigenvalue weighted by Crippen LogP contribution is -2.32. The molecule has 0 radical (unpaired) electrons. The fraction of sp³-hybridized carbons (Fsp3) is 0.0476. The van der Waals surface area contributed by atoms with Gasteiger partial charge in [0.05, 0.1) is 4.92 Å². The second kappa shape index (κ2) is 9.34. The van der Waals surface area contributed by atoms with Crippen molar-refractivity contribution in [1.29, 1.82) is 0 Å². The molecule has 3 rings (SSSR count). The fourth-order valence-corrected chi connectivity index (χ4v) is 2.91. The number of amides is 1. The fourth-order valence-electron chi connectivity index (χ4n) is 2.51. The minimum atomic E-state index is -0.516. The van der Waals surface area contributed by atoms with E-state index in [4.69, 9.17) is 28.2 Å². The summed E-state index contributed by atoms with van der Waals surface area (Å²) in [6.07, 6.45) is 2.77. The third-order valence-electron chi connectivity index (χ3n) is 4.03. The maximum absolute atomic E-state index is 12.1. The molecule has 0 spiro atoms. The third-order valence-corrected chi connectivity index (χ3v) is 4.65. The number of nitro groups is 1. The molecule has 2 aromatic carbocycles. The van der Waals surface area contributed by atoms with E-state index in [0.29, 0.717) is 22.2 Å². The highest BCUT2D eigenvalue weighted by molar-refractivity contribution is 7.80. The van der Waals surface area contributed by atoms with Crippen LogP contribution in [0.2, 0.25) is 5.02 Å². The van der Waals surface area contributed by atoms with Gasteiger partial charge in [-0.2, -0.15) is 0 Å². The minimum absolute atomic E-state index is 0.0135. The molecular formula is C21H16ClN3O4S. The van der Waals surface area contributed by atoms with Gasteiger partial charge in [0.15, 0.2) is 5.11 Å². The SMILES string of the molecule is Cc1ccc(-c2ccc(/C=C/C(=O)NC(=S)Nc3cccc([N+](=O)[O-])c3)o2)cc1Cl. The van der Waals surface area contributed by atoms with Crippen LogP contribution in [0.5, 0.6) is 0 Å². The number of aryl methyl sites for hydroxylation is 1. The number of nitro benzene ring substituents is 1. The van der Waals surface area contributed by atoms with Crippen molar-refractivity contribution in [2.45, 2.75) is 6.92 Å². The Bertz CT molecular complexity index is 1160. The average Bonchev–Trinajstić information content (AvgIpc) is 3.17. The predicted molar refractivity (Wildman–Crippen MR) is 120 cm³/mol. The molecule has 30 heavy (non-hydrogen) atoms. The highest BCUT2D eigenvalue weighted by Crippen LogP contribution is 2.27. The van der Waals surface area contributed by atoms with Gasteiger partial charge in [-0.15, -0.1) is 0 Å². The molecule has 0 fully saturated rings. The molecule has 0 aliphatic heterocycles. The Morgan fingerprint density at radius 1 is 1.20 bits per heavy atom. The molecule has 0 aliphatic carbocycles. The first kappa shape index (κ1) is 21.2. The summed E-state index contributed by atoms with van der Waals surface area (Å²) in [6, 6.07) is 14.9. The quantitative estimate of drug-likeness (QED) is 0.240. The molecule has 1 amide bonds. The molecule has 1 aromatic heterocycles. The summed E-state index contributed by atoms with van der Waals surface area (Å²) in [5.74, 6) is 0.628. The second-order valence-electron chi connectivity index (χ2n) is 6.25. The van der Waals surface area contributed by atoms with Crippen LogP contribution >= 0.6 is 23.8 Å². The van der Waals surface area contributed by atoms with E-state index >= 15 is 0 Å². The summed E-state index contributed by atoms with van der Waals surface area (Å²) in [5.41, 5.74) is 2.11. The van der Waals surface area contributed by atoms with Crippen molar-refractivity contribution < 1.29 is 14.1 Å². The highest BCUT2D eigenvalue weighted by atomic mass is 35.5. The molecule has 7 nitrogen and oxygen atoms in total. The van der Waals surface area contributed by atoms with E-state index in [1.54, 1.807) is 18.2 Å². The van der Waals surface area contributed by atoms with E-state index in [1.807, 2.05) is 25.1 Å². The molecule has 9 heteroatoms. The number of anilines is 1. The number of carbonyl (C=O) groups is 1. The first-order valence-electron chi connectivity index (χ1n) is 8.73. The van der Waals surface area contributed by atoms with Crippen LogP contribution in [0, 0.1) is 17.0 Å². The monoisotopic (exact) mass is 441 g/mol. The van der Waals surface area contributed by atoms with Crippen LogP contribution in [0.3, 0.4) is 0 Å². The van der Waals surface area contributed by atoms with Crippen molar-refractivity contribution >= 4 is 52.3 Å². The van der Waals surface area contributed by atoms with Crippen molar-refractivity contribution in [3.05, 3.63) is 87.1 Å². The molecule has 152 valence electrons. The number of hydrogen-bond acceptors (Lipinski definition) is 5. The number of nitrogens with one attached hydrogen (secondary N) is 2. The maximum atomic E-state index is 12.1. The molecule has 1 heterocycles. The van der Waals surface area contributed by atoms with Crippen LogP contribution in [0.15, 0.2) is 65.1 Å². The zero-order valence-electron chi connectivity index (χ0n) is 15.7. The van der Waals surface area contributed by atoms with Crippen molar-refractivity contribution in [2.75, 3.05) is 5.32 Å². The molecular weight excluding hydrogens is 426 g/mol. The first-order chi connectivity index (χ1) is 14.3. The third kappa shape index (κ3) is 5.53. The van der Waals surface area contributed by atoms with Crippen molar-refractivity contribution in [3.8, 4) is 11.3 Å². The Labute approximate surface area is 182 Å². The molecule has 0 bridgehead atoms. The van der Waals surface area contributed by atoms with Gasteiger partial charge in [-0.25, -0.2) is 0 Å². The van der Waals surface area contributed by atoms with E-state index in [2.05, 4.69) is 10.6 Å². The van der Waals surface area contributed by atoms with Gasteiger partial charge >= 0.3 is 0 Å². The zero-order chi connectivity index (χ0) is 21.7.